The van der Waals surface area contributed by atoms with Crippen LogP contribution in [0.1, 0.15) is 65.7 Å². The molecule has 0 amide bonds. The fraction of sp³-hybridized carbons (Fsp3) is 0.769. The first-order valence-corrected chi connectivity index (χ1v) is 12.3. The molecule has 8 heteroatoms. The summed E-state index contributed by atoms with van der Waals surface area (Å²) in [5, 5.41) is 21.4. The van der Waals surface area contributed by atoms with Crippen LogP contribution < -0.4 is 0 Å². The summed E-state index contributed by atoms with van der Waals surface area (Å²) in [5.74, 6) is -3.25. The zero-order valence-corrected chi connectivity index (χ0v) is 20.5. The Balaban J connectivity index is 1.71. The molecular weight excluding hydrogens is 440 g/mol. The highest BCUT2D eigenvalue weighted by Gasteiger charge is 2.70. The normalized spacial score (nSPS) is 41.9. The van der Waals surface area contributed by atoms with Gasteiger partial charge in [-0.3, -0.25) is 19.2 Å². The van der Waals surface area contributed by atoms with Crippen LogP contribution in [0, 0.1) is 34.5 Å². The van der Waals surface area contributed by atoms with E-state index in [0.717, 1.165) is 18.4 Å². The van der Waals surface area contributed by atoms with Crippen molar-refractivity contribution in [2.75, 3.05) is 13.7 Å². The van der Waals surface area contributed by atoms with Crippen molar-refractivity contribution in [1.82, 2.24) is 0 Å². The molecule has 0 aromatic rings. The number of carbonyl (C=O) groups is 4. The molecule has 0 radical (unpaired) electrons. The summed E-state index contributed by atoms with van der Waals surface area (Å²) in [6, 6.07) is 0. The summed E-state index contributed by atoms with van der Waals surface area (Å²) in [4.78, 5) is 50.1. The van der Waals surface area contributed by atoms with Crippen molar-refractivity contribution in [2.45, 2.75) is 77.4 Å². The molecule has 188 valence electrons. The van der Waals surface area contributed by atoms with E-state index in [4.69, 9.17) is 4.74 Å². The minimum atomic E-state index is -1.61. The number of aliphatic hydroxyl groups is 2. The molecule has 0 spiro atoms. The van der Waals surface area contributed by atoms with Crippen LogP contribution in [-0.4, -0.2) is 59.1 Å². The molecule has 0 aromatic heterocycles. The van der Waals surface area contributed by atoms with Gasteiger partial charge >= 0.3 is 11.9 Å². The molecular formula is C26H36O8. The van der Waals surface area contributed by atoms with E-state index in [0.29, 0.717) is 19.3 Å². The van der Waals surface area contributed by atoms with Crippen LogP contribution in [0.15, 0.2) is 11.6 Å². The highest BCUT2D eigenvalue weighted by atomic mass is 16.6. The fourth-order valence-corrected chi connectivity index (χ4v) is 8.02. The monoisotopic (exact) mass is 476 g/mol. The lowest BCUT2D eigenvalue weighted by molar-refractivity contribution is -0.205. The molecule has 0 saturated heterocycles. The van der Waals surface area contributed by atoms with E-state index in [1.54, 1.807) is 6.08 Å². The molecule has 4 aliphatic rings. The average Bonchev–Trinajstić information content (AvgIpc) is 3.09. The molecule has 34 heavy (non-hydrogen) atoms. The maximum atomic E-state index is 13.2. The van der Waals surface area contributed by atoms with Crippen LogP contribution in [0.5, 0.6) is 0 Å². The van der Waals surface area contributed by atoms with Crippen molar-refractivity contribution < 1.29 is 38.9 Å². The van der Waals surface area contributed by atoms with Gasteiger partial charge < -0.3 is 19.7 Å². The van der Waals surface area contributed by atoms with E-state index in [1.807, 2.05) is 6.92 Å². The Bertz CT molecular complexity index is 939. The lowest BCUT2D eigenvalue weighted by Crippen LogP contribution is -2.63. The van der Waals surface area contributed by atoms with Gasteiger partial charge in [-0.25, -0.2) is 0 Å². The van der Waals surface area contributed by atoms with E-state index in [-0.39, 0.29) is 41.8 Å². The molecule has 0 aromatic carbocycles. The molecule has 2 N–H and O–H groups in total. The molecule has 4 aliphatic carbocycles. The summed E-state index contributed by atoms with van der Waals surface area (Å²) in [6.07, 6.45) is 4.82. The van der Waals surface area contributed by atoms with Gasteiger partial charge in [0, 0.05) is 11.8 Å². The number of hydrogen-bond acceptors (Lipinski definition) is 8. The Morgan fingerprint density at radius 3 is 2.50 bits per heavy atom. The predicted molar refractivity (Wildman–Crippen MR) is 120 cm³/mol. The number of ketones is 2. The summed E-state index contributed by atoms with van der Waals surface area (Å²) >= 11 is 0. The number of methoxy groups -OCH3 is 1. The van der Waals surface area contributed by atoms with Gasteiger partial charge in [0.1, 0.15) is 6.61 Å². The Kier molecular flexibility index (Phi) is 6.30. The molecule has 0 aliphatic heterocycles. The van der Waals surface area contributed by atoms with E-state index in [9.17, 15) is 29.4 Å². The third-order valence-corrected chi connectivity index (χ3v) is 9.79. The second-order valence-electron chi connectivity index (χ2n) is 11.2. The molecule has 3 fully saturated rings. The second-order valence-corrected chi connectivity index (χ2v) is 11.2. The molecule has 8 nitrogen and oxygen atoms in total. The van der Waals surface area contributed by atoms with Crippen LogP contribution in [0.3, 0.4) is 0 Å². The van der Waals surface area contributed by atoms with E-state index in [2.05, 4.69) is 11.7 Å². The van der Waals surface area contributed by atoms with Gasteiger partial charge in [0.2, 0.25) is 5.78 Å². The number of Topliss-reactive ketones (excluding diaryl/α,β-unsaturated/α-hetero) is 1. The van der Waals surface area contributed by atoms with Crippen molar-refractivity contribution in [3.8, 4) is 0 Å². The van der Waals surface area contributed by atoms with Crippen molar-refractivity contribution >= 4 is 23.5 Å². The van der Waals surface area contributed by atoms with Crippen LogP contribution >= 0.6 is 0 Å². The van der Waals surface area contributed by atoms with E-state index >= 15 is 0 Å². The average molecular weight is 477 g/mol. The van der Waals surface area contributed by atoms with Crippen LogP contribution in [0.4, 0.5) is 0 Å². The second kappa shape index (κ2) is 8.55. The van der Waals surface area contributed by atoms with Gasteiger partial charge in [-0.1, -0.05) is 19.4 Å². The first-order valence-electron chi connectivity index (χ1n) is 12.3. The largest absolute Gasteiger partial charge is 0.468 e. The minimum absolute atomic E-state index is 0.00589. The van der Waals surface area contributed by atoms with Crippen molar-refractivity contribution in [3.63, 3.8) is 0 Å². The quantitative estimate of drug-likeness (QED) is 0.456. The molecule has 0 bridgehead atoms. The van der Waals surface area contributed by atoms with Crippen LogP contribution in [0.2, 0.25) is 0 Å². The van der Waals surface area contributed by atoms with E-state index < -0.39 is 47.4 Å². The predicted octanol–water partition coefficient (Wildman–Crippen LogP) is 2.14. The minimum Gasteiger partial charge on any atom is -0.468 e. The number of carbonyl (C=O) groups excluding carboxylic acids is 4. The summed E-state index contributed by atoms with van der Waals surface area (Å²) in [7, 11) is 1.18. The number of rotatable bonds is 5. The number of hydrogen-bond donors (Lipinski definition) is 2. The van der Waals surface area contributed by atoms with Gasteiger partial charge in [0.05, 0.1) is 13.2 Å². The Labute approximate surface area is 200 Å². The van der Waals surface area contributed by atoms with Crippen molar-refractivity contribution in [3.05, 3.63) is 11.6 Å². The molecule has 1 unspecified atom stereocenters. The third kappa shape index (κ3) is 3.40. The Morgan fingerprint density at radius 2 is 1.85 bits per heavy atom. The smallest absolute Gasteiger partial charge is 0.321 e. The number of ether oxygens (including phenoxy) is 2. The number of esters is 2. The lowest BCUT2D eigenvalue weighted by Gasteiger charge is -2.60. The van der Waals surface area contributed by atoms with Gasteiger partial charge in [-0.05, 0) is 74.7 Å². The maximum Gasteiger partial charge on any atom is 0.321 e. The zero-order chi connectivity index (χ0) is 25.1. The van der Waals surface area contributed by atoms with Crippen molar-refractivity contribution in [2.24, 2.45) is 34.5 Å². The lowest BCUT2D eigenvalue weighted by atomic mass is 9.45. The van der Waals surface area contributed by atoms with E-state index in [1.165, 1.54) is 14.0 Å². The number of allylic oxidation sites excluding steroid dienone is 1. The Morgan fingerprint density at radius 1 is 1.15 bits per heavy atom. The van der Waals surface area contributed by atoms with Gasteiger partial charge in [-0.15, -0.1) is 0 Å². The Hall–Kier alpha value is -2.06. The first kappa shape index (κ1) is 25.0. The molecule has 4 rings (SSSR count). The van der Waals surface area contributed by atoms with Gasteiger partial charge in [-0.2, -0.15) is 0 Å². The molecule has 0 heterocycles. The fourth-order valence-electron chi connectivity index (χ4n) is 8.02. The number of fused-ring (bicyclic) bond motifs is 5. The summed E-state index contributed by atoms with van der Waals surface area (Å²) in [5.41, 5.74) is -1.67. The molecule has 8 atom stereocenters. The third-order valence-electron chi connectivity index (χ3n) is 9.79. The van der Waals surface area contributed by atoms with Crippen LogP contribution in [-0.2, 0) is 28.7 Å². The van der Waals surface area contributed by atoms with Crippen molar-refractivity contribution in [1.29, 1.82) is 0 Å². The van der Waals surface area contributed by atoms with Crippen LogP contribution in [0.25, 0.3) is 0 Å². The summed E-state index contributed by atoms with van der Waals surface area (Å²) in [6.45, 7) is 4.60. The first-order chi connectivity index (χ1) is 15.9. The van der Waals surface area contributed by atoms with Gasteiger partial charge in [0.15, 0.2) is 17.3 Å². The number of aliphatic hydroxyl groups excluding tert-OH is 2. The molecule has 3 saturated carbocycles. The highest BCUT2D eigenvalue weighted by Crippen LogP contribution is 2.68. The standard InChI is InChI=1S/C26H36O8/c1-14(22(31)33-4)23(32)34-26(20(30)13-27)10-8-18-17-6-5-15-11-16(28)7-9-24(15,2)21(17)19(29)12-25(18,26)3/h11,14,17-19,21,27,29H,5-10,12-13H2,1-4H3/t14?,17-,18-,19-,21+,24-,25-,26-/m0/s1. The maximum absolute atomic E-state index is 13.2. The SMILES string of the molecule is COC(=O)C(C)C(=O)O[C@]1(C(=O)CO)CC[C@H]2[C@@H]3CCC4=CC(=O)CC[C@]4(C)[C@H]3[C@@H](O)C[C@@]21C. The van der Waals surface area contributed by atoms with Gasteiger partial charge in [0.25, 0.3) is 0 Å². The zero-order valence-electron chi connectivity index (χ0n) is 20.5. The highest BCUT2D eigenvalue weighted by molar-refractivity contribution is 5.98. The summed E-state index contributed by atoms with van der Waals surface area (Å²) < 4.78 is 10.5. The topological polar surface area (TPSA) is 127 Å².